The molecule has 1 N–H and O–H groups in total. The minimum atomic E-state index is -0.778. The van der Waals surface area contributed by atoms with Crippen molar-refractivity contribution in [3.8, 4) is 0 Å². The monoisotopic (exact) mass is 467 g/mol. The number of imide groups is 2. The number of nitrogens with zero attached hydrogens (tertiary/aromatic N) is 2. The highest BCUT2D eigenvalue weighted by Gasteiger charge is 2.37. The van der Waals surface area contributed by atoms with Gasteiger partial charge in [-0.3, -0.25) is 14.9 Å². The molecule has 6 nitrogen and oxygen atoms in total. The van der Waals surface area contributed by atoms with Crippen LogP contribution in [0.5, 0.6) is 0 Å². The highest BCUT2D eigenvalue weighted by atomic mass is 35.5. The standard InChI is InChI=1S/C24H19Cl2N3O3/c1-2-15-8-10-16(11-9-15)29-23(31)18(22(30)27-24(29)32)13-17-5-4-12-28(17)14-19-20(25)6-3-7-21(19)26/h3-13H,2,14H2,1H3,(H,27,30,32). The molecule has 162 valence electrons. The Hall–Kier alpha value is -3.35. The molecule has 2 aromatic carbocycles. The van der Waals surface area contributed by atoms with Gasteiger partial charge < -0.3 is 4.57 Å². The minimum Gasteiger partial charge on any atom is -0.343 e. The van der Waals surface area contributed by atoms with E-state index in [1.54, 1.807) is 48.7 Å². The summed E-state index contributed by atoms with van der Waals surface area (Å²) in [5.41, 5.74) is 2.63. The first-order chi connectivity index (χ1) is 15.4. The van der Waals surface area contributed by atoms with E-state index in [-0.39, 0.29) is 5.57 Å². The van der Waals surface area contributed by atoms with Crippen molar-refractivity contribution in [3.05, 3.63) is 93.2 Å². The summed E-state index contributed by atoms with van der Waals surface area (Å²) in [5, 5.41) is 3.28. The lowest BCUT2D eigenvalue weighted by Gasteiger charge is -2.26. The molecule has 0 saturated carbocycles. The Morgan fingerprint density at radius 3 is 2.28 bits per heavy atom. The van der Waals surface area contributed by atoms with E-state index in [0.29, 0.717) is 28.0 Å². The van der Waals surface area contributed by atoms with Gasteiger partial charge in [0.25, 0.3) is 11.8 Å². The van der Waals surface area contributed by atoms with E-state index < -0.39 is 17.8 Å². The average Bonchev–Trinajstić information content (AvgIpc) is 3.21. The van der Waals surface area contributed by atoms with Crippen LogP contribution in [-0.2, 0) is 22.6 Å². The summed E-state index contributed by atoms with van der Waals surface area (Å²) >= 11 is 12.6. The molecule has 1 aliphatic rings. The van der Waals surface area contributed by atoms with Crippen molar-refractivity contribution < 1.29 is 14.4 Å². The van der Waals surface area contributed by atoms with Crippen LogP contribution in [0.25, 0.3) is 6.08 Å². The number of halogens is 2. The average molecular weight is 468 g/mol. The summed E-state index contributed by atoms with van der Waals surface area (Å²) in [6.45, 7) is 2.36. The van der Waals surface area contributed by atoms with Gasteiger partial charge in [-0.1, -0.05) is 48.3 Å². The zero-order valence-corrected chi connectivity index (χ0v) is 18.7. The molecule has 0 aliphatic carbocycles. The van der Waals surface area contributed by atoms with Crippen molar-refractivity contribution in [2.75, 3.05) is 4.90 Å². The van der Waals surface area contributed by atoms with Crippen LogP contribution in [-0.4, -0.2) is 22.4 Å². The van der Waals surface area contributed by atoms with E-state index in [1.807, 2.05) is 23.6 Å². The number of carbonyl (C=O) groups excluding carboxylic acids is 3. The van der Waals surface area contributed by atoms with Gasteiger partial charge in [0.1, 0.15) is 5.57 Å². The van der Waals surface area contributed by atoms with Crippen LogP contribution in [0.15, 0.2) is 66.4 Å². The van der Waals surface area contributed by atoms with Crippen LogP contribution in [0, 0.1) is 0 Å². The van der Waals surface area contributed by atoms with Crippen molar-refractivity contribution >= 4 is 52.8 Å². The second-order valence-electron chi connectivity index (χ2n) is 7.24. The second-order valence-corrected chi connectivity index (χ2v) is 8.05. The first-order valence-corrected chi connectivity index (χ1v) is 10.7. The van der Waals surface area contributed by atoms with Crippen molar-refractivity contribution in [3.63, 3.8) is 0 Å². The molecule has 8 heteroatoms. The van der Waals surface area contributed by atoms with Gasteiger partial charge in [0, 0.05) is 27.5 Å². The fraction of sp³-hybridized carbons (Fsp3) is 0.125. The molecular weight excluding hydrogens is 449 g/mol. The predicted octanol–water partition coefficient (Wildman–Crippen LogP) is 5.07. The quantitative estimate of drug-likeness (QED) is 0.420. The molecule has 1 aromatic heterocycles. The number of nitrogens with one attached hydrogen (secondary N) is 1. The third-order valence-electron chi connectivity index (χ3n) is 5.25. The zero-order chi connectivity index (χ0) is 22.8. The Bertz CT molecular complexity index is 1230. The summed E-state index contributed by atoms with van der Waals surface area (Å²) in [7, 11) is 0. The number of carbonyl (C=O) groups is 3. The number of barbiturate groups is 1. The van der Waals surface area contributed by atoms with Gasteiger partial charge >= 0.3 is 6.03 Å². The molecule has 0 unspecified atom stereocenters. The zero-order valence-electron chi connectivity index (χ0n) is 17.1. The normalized spacial score (nSPS) is 15.4. The third-order valence-corrected chi connectivity index (χ3v) is 5.96. The lowest BCUT2D eigenvalue weighted by atomic mass is 10.1. The molecule has 2 heterocycles. The van der Waals surface area contributed by atoms with Gasteiger partial charge in [0.05, 0.1) is 12.2 Å². The minimum absolute atomic E-state index is 0.144. The van der Waals surface area contributed by atoms with Crippen LogP contribution in [0.4, 0.5) is 10.5 Å². The van der Waals surface area contributed by atoms with E-state index in [2.05, 4.69) is 5.32 Å². The maximum Gasteiger partial charge on any atom is 0.335 e. The highest BCUT2D eigenvalue weighted by molar-refractivity contribution is 6.39. The molecule has 3 aromatic rings. The lowest BCUT2D eigenvalue weighted by molar-refractivity contribution is -0.122. The molecule has 1 fully saturated rings. The van der Waals surface area contributed by atoms with Crippen LogP contribution in [0.3, 0.4) is 0 Å². The Kier molecular flexibility index (Phi) is 6.17. The number of benzene rings is 2. The molecule has 0 radical (unpaired) electrons. The smallest absolute Gasteiger partial charge is 0.335 e. The summed E-state index contributed by atoms with van der Waals surface area (Å²) in [6, 6.07) is 15.1. The molecular formula is C24H19Cl2N3O3. The van der Waals surface area contributed by atoms with E-state index in [1.165, 1.54) is 6.08 Å². The molecule has 4 amide bonds. The number of anilines is 1. The molecule has 0 spiro atoms. The molecule has 4 rings (SSSR count). The van der Waals surface area contributed by atoms with Crippen LogP contribution in [0.2, 0.25) is 10.0 Å². The van der Waals surface area contributed by atoms with Gasteiger partial charge in [0.2, 0.25) is 0 Å². The Morgan fingerprint density at radius 1 is 0.938 bits per heavy atom. The first-order valence-electron chi connectivity index (χ1n) is 9.97. The van der Waals surface area contributed by atoms with Crippen LogP contribution >= 0.6 is 23.2 Å². The Labute approximate surface area is 195 Å². The summed E-state index contributed by atoms with van der Waals surface area (Å²) in [6.07, 6.45) is 4.09. The van der Waals surface area contributed by atoms with E-state index in [4.69, 9.17) is 23.2 Å². The number of hydrogen-bond acceptors (Lipinski definition) is 3. The molecule has 1 aliphatic heterocycles. The SMILES string of the molecule is CCc1ccc(N2C(=O)NC(=O)C(=Cc3cccn3Cc3c(Cl)cccc3Cl)C2=O)cc1. The van der Waals surface area contributed by atoms with E-state index in [9.17, 15) is 14.4 Å². The van der Waals surface area contributed by atoms with Gasteiger partial charge in [-0.15, -0.1) is 0 Å². The Morgan fingerprint density at radius 2 is 1.62 bits per heavy atom. The van der Waals surface area contributed by atoms with Crippen molar-refractivity contribution in [1.29, 1.82) is 0 Å². The lowest BCUT2D eigenvalue weighted by Crippen LogP contribution is -2.54. The maximum atomic E-state index is 13.1. The summed E-state index contributed by atoms with van der Waals surface area (Å²) in [5.74, 6) is -1.43. The number of urea groups is 1. The molecule has 0 atom stereocenters. The highest BCUT2D eigenvalue weighted by Crippen LogP contribution is 2.27. The Balaban J connectivity index is 1.68. The number of hydrogen-bond donors (Lipinski definition) is 1. The number of aromatic nitrogens is 1. The second kappa shape index (κ2) is 9.02. The van der Waals surface area contributed by atoms with Crippen molar-refractivity contribution in [2.45, 2.75) is 19.9 Å². The topological polar surface area (TPSA) is 71.4 Å². The number of amides is 4. The molecule has 32 heavy (non-hydrogen) atoms. The largest absolute Gasteiger partial charge is 0.343 e. The van der Waals surface area contributed by atoms with Gasteiger partial charge in [0.15, 0.2) is 0 Å². The fourth-order valence-electron chi connectivity index (χ4n) is 3.48. The third kappa shape index (κ3) is 4.20. The van der Waals surface area contributed by atoms with Crippen LogP contribution < -0.4 is 10.2 Å². The molecule has 0 bridgehead atoms. The van der Waals surface area contributed by atoms with Crippen molar-refractivity contribution in [1.82, 2.24) is 9.88 Å². The number of rotatable bonds is 5. The van der Waals surface area contributed by atoms with E-state index >= 15 is 0 Å². The fourth-order valence-corrected chi connectivity index (χ4v) is 3.99. The van der Waals surface area contributed by atoms with Gasteiger partial charge in [-0.05, 0) is 54.5 Å². The predicted molar refractivity (Wildman–Crippen MR) is 125 cm³/mol. The summed E-state index contributed by atoms with van der Waals surface area (Å²) in [4.78, 5) is 39.0. The van der Waals surface area contributed by atoms with Gasteiger partial charge in [-0.25, -0.2) is 9.69 Å². The first kappa shape index (κ1) is 21.9. The summed E-state index contributed by atoms with van der Waals surface area (Å²) < 4.78 is 1.82. The maximum absolute atomic E-state index is 13.1. The molecule has 1 saturated heterocycles. The van der Waals surface area contributed by atoms with Gasteiger partial charge in [-0.2, -0.15) is 0 Å². The number of aryl methyl sites for hydroxylation is 1. The van der Waals surface area contributed by atoms with E-state index in [0.717, 1.165) is 22.4 Å². The van der Waals surface area contributed by atoms with Crippen LogP contribution in [0.1, 0.15) is 23.7 Å². The van der Waals surface area contributed by atoms with Crippen molar-refractivity contribution in [2.24, 2.45) is 0 Å².